The molecule has 100 valence electrons. The molecule has 0 aromatic rings. The molecule has 0 aromatic carbocycles. The third-order valence-corrected chi connectivity index (χ3v) is 4.02. The molecular weight excluding hydrogens is 240 g/mol. The summed E-state index contributed by atoms with van der Waals surface area (Å²) in [5, 5.41) is 3.08. The Hall–Kier alpha value is -0.620. The first-order valence-electron chi connectivity index (χ1n) is 6.06. The Morgan fingerprint density at radius 1 is 1.41 bits per heavy atom. The maximum Gasteiger partial charge on any atom is 0.223 e. The number of likely N-dealkylation sites (N-methyl/N-ethyl adjacent to an activating group) is 1. The van der Waals surface area contributed by atoms with E-state index in [1.165, 1.54) is 6.26 Å². The van der Waals surface area contributed by atoms with Gasteiger partial charge in [0.15, 0.2) is 0 Å². The minimum atomic E-state index is -3.05. The molecule has 1 atom stereocenters. The fourth-order valence-electron chi connectivity index (χ4n) is 2.19. The molecule has 1 fully saturated rings. The van der Waals surface area contributed by atoms with Crippen LogP contribution in [-0.2, 0) is 14.6 Å². The van der Waals surface area contributed by atoms with Gasteiger partial charge in [0.05, 0.1) is 5.75 Å². The van der Waals surface area contributed by atoms with E-state index in [-0.39, 0.29) is 24.1 Å². The Kier molecular flexibility index (Phi) is 5.39. The lowest BCUT2D eigenvalue weighted by atomic mass is 10.0. The minimum absolute atomic E-state index is 0.0321. The number of carbonyl (C=O) groups excluding carboxylic acids is 1. The monoisotopic (exact) mass is 262 g/mol. The van der Waals surface area contributed by atoms with Gasteiger partial charge in [0, 0.05) is 31.8 Å². The van der Waals surface area contributed by atoms with Crippen molar-refractivity contribution in [2.45, 2.75) is 31.7 Å². The van der Waals surface area contributed by atoms with Crippen molar-refractivity contribution < 1.29 is 13.2 Å². The number of rotatable bonds is 5. The first-order valence-corrected chi connectivity index (χ1v) is 8.12. The van der Waals surface area contributed by atoms with Crippen molar-refractivity contribution in [3.05, 3.63) is 0 Å². The Labute approximate surface area is 103 Å². The summed E-state index contributed by atoms with van der Waals surface area (Å²) < 4.78 is 22.1. The van der Waals surface area contributed by atoms with Crippen molar-refractivity contribution in [2.75, 3.05) is 32.1 Å². The summed E-state index contributed by atoms with van der Waals surface area (Å²) in [6, 6.07) is 0.223. The zero-order valence-corrected chi connectivity index (χ0v) is 11.4. The van der Waals surface area contributed by atoms with Gasteiger partial charge in [0.2, 0.25) is 5.91 Å². The normalized spacial score (nSPS) is 21.5. The number of amides is 1. The molecular formula is C11H22N2O3S. The smallest absolute Gasteiger partial charge is 0.223 e. The molecule has 1 aliphatic rings. The quantitative estimate of drug-likeness (QED) is 0.758. The molecule has 1 amide bonds. The van der Waals surface area contributed by atoms with E-state index in [9.17, 15) is 13.2 Å². The average molecular weight is 262 g/mol. The van der Waals surface area contributed by atoms with Crippen LogP contribution in [0.1, 0.15) is 25.7 Å². The lowest BCUT2D eigenvalue weighted by Gasteiger charge is -2.35. The van der Waals surface area contributed by atoms with Crippen LogP contribution in [0.2, 0.25) is 0 Å². The fourth-order valence-corrected chi connectivity index (χ4v) is 2.74. The van der Waals surface area contributed by atoms with E-state index in [0.29, 0.717) is 0 Å². The molecule has 1 rings (SSSR count). The van der Waals surface area contributed by atoms with Gasteiger partial charge in [-0.25, -0.2) is 8.42 Å². The van der Waals surface area contributed by atoms with Gasteiger partial charge in [-0.3, -0.25) is 4.79 Å². The van der Waals surface area contributed by atoms with E-state index in [1.807, 2.05) is 11.9 Å². The van der Waals surface area contributed by atoms with Crippen LogP contribution in [-0.4, -0.2) is 57.4 Å². The molecule has 0 saturated carbocycles. The summed E-state index contributed by atoms with van der Waals surface area (Å²) in [6.45, 7) is 1.54. The van der Waals surface area contributed by atoms with Gasteiger partial charge in [0.25, 0.3) is 0 Å². The molecule has 1 N–H and O–H groups in total. The van der Waals surface area contributed by atoms with Crippen molar-refractivity contribution in [3.8, 4) is 0 Å². The van der Waals surface area contributed by atoms with Gasteiger partial charge in [-0.2, -0.15) is 0 Å². The standard InChI is InChI=1S/C11H22N2O3S/c1-12-9-10-5-3-4-7-13(10)11(14)6-8-17(2,15)16/h10,12H,3-9H2,1-2H3. The van der Waals surface area contributed by atoms with Crippen molar-refractivity contribution in [1.82, 2.24) is 10.2 Å². The van der Waals surface area contributed by atoms with E-state index in [4.69, 9.17) is 0 Å². The molecule has 0 aromatic heterocycles. The van der Waals surface area contributed by atoms with Crippen molar-refractivity contribution >= 4 is 15.7 Å². The van der Waals surface area contributed by atoms with Crippen LogP contribution in [0.4, 0.5) is 0 Å². The predicted molar refractivity (Wildman–Crippen MR) is 67.6 cm³/mol. The molecule has 0 radical (unpaired) electrons. The molecule has 0 bridgehead atoms. The van der Waals surface area contributed by atoms with Gasteiger partial charge >= 0.3 is 0 Å². The van der Waals surface area contributed by atoms with E-state index in [2.05, 4.69) is 5.32 Å². The van der Waals surface area contributed by atoms with Crippen molar-refractivity contribution in [3.63, 3.8) is 0 Å². The summed E-state index contributed by atoms with van der Waals surface area (Å²) in [4.78, 5) is 13.8. The summed E-state index contributed by atoms with van der Waals surface area (Å²) in [5.41, 5.74) is 0. The molecule has 17 heavy (non-hydrogen) atoms. The number of piperidine rings is 1. The minimum Gasteiger partial charge on any atom is -0.338 e. The third kappa shape index (κ3) is 5.04. The number of hydrogen-bond acceptors (Lipinski definition) is 4. The van der Waals surface area contributed by atoms with Crippen LogP contribution in [0.5, 0.6) is 0 Å². The topological polar surface area (TPSA) is 66.5 Å². The van der Waals surface area contributed by atoms with Gasteiger partial charge in [0.1, 0.15) is 9.84 Å². The molecule has 6 heteroatoms. The number of likely N-dealkylation sites (tertiary alicyclic amines) is 1. The highest BCUT2D eigenvalue weighted by Crippen LogP contribution is 2.17. The second-order valence-corrected chi connectivity index (χ2v) is 6.93. The highest BCUT2D eigenvalue weighted by atomic mass is 32.2. The van der Waals surface area contributed by atoms with E-state index in [0.717, 1.165) is 32.4 Å². The van der Waals surface area contributed by atoms with E-state index in [1.54, 1.807) is 0 Å². The number of hydrogen-bond donors (Lipinski definition) is 1. The number of sulfone groups is 1. The summed E-state index contributed by atoms with van der Waals surface area (Å²) in [7, 11) is -1.18. The van der Waals surface area contributed by atoms with Crippen LogP contribution in [0, 0.1) is 0 Å². The lowest BCUT2D eigenvalue weighted by molar-refractivity contribution is -0.134. The zero-order chi connectivity index (χ0) is 12.9. The van der Waals surface area contributed by atoms with Crippen LogP contribution in [0.15, 0.2) is 0 Å². The lowest BCUT2D eigenvalue weighted by Crippen LogP contribution is -2.48. The van der Waals surface area contributed by atoms with E-state index < -0.39 is 9.84 Å². The van der Waals surface area contributed by atoms with Crippen LogP contribution < -0.4 is 5.32 Å². The molecule has 0 aliphatic carbocycles. The second kappa shape index (κ2) is 6.35. The molecule has 0 spiro atoms. The van der Waals surface area contributed by atoms with Crippen LogP contribution >= 0.6 is 0 Å². The van der Waals surface area contributed by atoms with Crippen molar-refractivity contribution in [1.29, 1.82) is 0 Å². The van der Waals surface area contributed by atoms with Gasteiger partial charge in [-0.05, 0) is 26.3 Å². The summed E-state index contributed by atoms with van der Waals surface area (Å²) in [6.07, 6.45) is 4.44. The molecule has 5 nitrogen and oxygen atoms in total. The molecule has 1 unspecified atom stereocenters. The number of carbonyl (C=O) groups is 1. The maximum atomic E-state index is 12.0. The third-order valence-electron chi connectivity index (χ3n) is 3.07. The summed E-state index contributed by atoms with van der Waals surface area (Å²) >= 11 is 0. The SMILES string of the molecule is CNCC1CCCCN1C(=O)CCS(C)(=O)=O. The molecule has 1 heterocycles. The average Bonchev–Trinajstić information content (AvgIpc) is 2.26. The number of nitrogens with one attached hydrogen (secondary N) is 1. The largest absolute Gasteiger partial charge is 0.338 e. The van der Waals surface area contributed by atoms with Crippen LogP contribution in [0.3, 0.4) is 0 Å². The van der Waals surface area contributed by atoms with Crippen molar-refractivity contribution in [2.24, 2.45) is 0 Å². The van der Waals surface area contributed by atoms with Gasteiger partial charge < -0.3 is 10.2 Å². The first kappa shape index (κ1) is 14.4. The highest BCUT2D eigenvalue weighted by Gasteiger charge is 2.26. The Morgan fingerprint density at radius 2 is 2.12 bits per heavy atom. The zero-order valence-electron chi connectivity index (χ0n) is 10.6. The van der Waals surface area contributed by atoms with Gasteiger partial charge in [-0.1, -0.05) is 0 Å². The Bertz CT molecular complexity index is 352. The first-order chi connectivity index (χ1) is 7.94. The van der Waals surface area contributed by atoms with E-state index >= 15 is 0 Å². The maximum absolute atomic E-state index is 12.0. The van der Waals surface area contributed by atoms with Gasteiger partial charge in [-0.15, -0.1) is 0 Å². The second-order valence-electron chi connectivity index (χ2n) is 4.67. The van der Waals surface area contributed by atoms with Crippen LogP contribution in [0.25, 0.3) is 0 Å². The number of nitrogens with zero attached hydrogens (tertiary/aromatic N) is 1. The predicted octanol–water partition coefficient (Wildman–Crippen LogP) is 0.0216. The Morgan fingerprint density at radius 3 is 2.71 bits per heavy atom. The Balaban J connectivity index is 2.53. The highest BCUT2D eigenvalue weighted by molar-refractivity contribution is 7.90. The molecule has 1 saturated heterocycles. The summed E-state index contributed by atoms with van der Waals surface area (Å²) in [5.74, 6) is -0.0791. The molecule has 1 aliphatic heterocycles. The fraction of sp³-hybridized carbons (Fsp3) is 0.909.